The Morgan fingerprint density at radius 3 is 1.47 bits per heavy atom. The average molecular weight is 725 g/mol. The molecule has 0 atom stereocenters. The van der Waals surface area contributed by atoms with E-state index >= 15 is 0 Å². The molecule has 4 aromatic carbocycles. The van der Waals surface area contributed by atoms with Gasteiger partial charge in [0.25, 0.3) is 0 Å². The number of aryl methyl sites for hydroxylation is 2. The summed E-state index contributed by atoms with van der Waals surface area (Å²) in [6.45, 7) is 22.3. The molecule has 270 valence electrons. The van der Waals surface area contributed by atoms with Crippen LogP contribution in [0.4, 0.5) is 0 Å². The van der Waals surface area contributed by atoms with E-state index < -0.39 is 20.0 Å². The van der Waals surface area contributed by atoms with Gasteiger partial charge in [0.1, 0.15) is 0 Å². The van der Waals surface area contributed by atoms with Gasteiger partial charge in [-0.2, -0.15) is 8.61 Å². The molecule has 0 N–H and O–H groups in total. The minimum Gasteiger partial charge on any atom is -0.207 e. The molecule has 0 aliphatic carbocycles. The van der Waals surface area contributed by atoms with Crippen molar-refractivity contribution in [2.24, 2.45) is 0 Å². The smallest absolute Gasteiger partial charge is 0.207 e. The number of benzene rings is 4. The maximum atomic E-state index is 12.3. The minimum absolute atomic E-state index is 0.280. The van der Waals surface area contributed by atoms with Gasteiger partial charge in [0, 0.05) is 26.2 Å². The van der Waals surface area contributed by atoms with Gasteiger partial charge in [0.15, 0.2) is 0 Å². The quantitative estimate of drug-likeness (QED) is 0.114. The molecule has 0 spiro atoms. The molecule has 0 saturated heterocycles. The van der Waals surface area contributed by atoms with Crippen LogP contribution in [-0.4, -0.2) is 51.6 Å². The fourth-order valence-corrected chi connectivity index (χ4v) is 7.64. The van der Waals surface area contributed by atoms with E-state index in [0.29, 0.717) is 22.9 Å². The van der Waals surface area contributed by atoms with Gasteiger partial charge in [0.05, 0.1) is 9.79 Å². The summed E-state index contributed by atoms with van der Waals surface area (Å²) in [5, 5.41) is 0. The molecule has 8 heteroatoms. The number of nitrogens with zero attached hydrogens (tertiary/aromatic N) is 2. The second kappa shape index (κ2) is 21.6. The summed E-state index contributed by atoms with van der Waals surface area (Å²) in [5.41, 5.74) is 6.84. The fourth-order valence-electron chi connectivity index (χ4n) is 4.84. The number of rotatable bonds is 11. The topological polar surface area (TPSA) is 74.8 Å². The summed E-state index contributed by atoms with van der Waals surface area (Å²) in [4.78, 5) is 0.674. The summed E-state index contributed by atoms with van der Waals surface area (Å²) in [5.74, 6) is 0. The van der Waals surface area contributed by atoms with Crippen LogP contribution in [0.5, 0.6) is 0 Å². The SMILES string of the molecule is C=CC=C(c1ccccc1)c1ccccc1.C=CCN(CC=C)S(=O)(=O)c1ccc(C)cc1.CC.CC1=CCN(S(=O)(=O)c2ccc(C)cc2)C1. The second-order valence-corrected chi connectivity index (χ2v) is 15.3. The van der Waals surface area contributed by atoms with Gasteiger partial charge in [0.2, 0.25) is 20.0 Å². The second-order valence-electron chi connectivity index (χ2n) is 11.4. The van der Waals surface area contributed by atoms with E-state index in [1.165, 1.54) is 25.3 Å². The van der Waals surface area contributed by atoms with Crippen molar-refractivity contribution in [3.63, 3.8) is 0 Å². The van der Waals surface area contributed by atoms with Crippen molar-refractivity contribution < 1.29 is 16.8 Å². The lowest BCUT2D eigenvalue weighted by molar-refractivity contribution is 0.474. The maximum absolute atomic E-state index is 12.3. The molecule has 0 saturated carbocycles. The molecule has 0 aromatic heterocycles. The Morgan fingerprint density at radius 1 is 0.667 bits per heavy atom. The fraction of sp³-hybridized carbons (Fsp3) is 0.209. The van der Waals surface area contributed by atoms with Crippen molar-refractivity contribution in [2.75, 3.05) is 26.2 Å². The van der Waals surface area contributed by atoms with Crippen molar-refractivity contribution in [1.29, 1.82) is 0 Å². The number of allylic oxidation sites excluding steroid dienone is 2. The molecule has 0 bridgehead atoms. The van der Waals surface area contributed by atoms with Crippen LogP contribution in [0, 0.1) is 13.8 Å². The van der Waals surface area contributed by atoms with E-state index in [4.69, 9.17) is 0 Å². The Hall–Kier alpha value is -4.60. The van der Waals surface area contributed by atoms with Crippen LogP contribution < -0.4 is 0 Å². The Bertz CT molecular complexity index is 1900. The molecule has 0 radical (unpaired) electrons. The molecular formula is C43H52N2O4S2. The summed E-state index contributed by atoms with van der Waals surface area (Å²) < 4.78 is 51.7. The maximum Gasteiger partial charge on any atom is 0.243 e. The van der Waals surface area contributed by atoms with Crippen molar-refractivity contribution in [3.8, 4) is 0 Å². The molecule has 0 amide bonds. The standard InChI is InChI=1S/C16H14.C13H17NO2S.C12H15NO2S.C2H6/c1-2-9-16(14-10-5-3-6-11-14)15-12-7-4-8-13-15;1-4-10-14(11-5-2)17(15,16)13-8-6-12(3)7-9-13;1-10-3-5-12(6-4-10)16(14,15)13-8-7-11(2)9-13;1-2/h2-13H,1H2;4-9H,1-2,10-11H2,3H3;3-7H,8-9H2,1-2H3;1-2H3. The number of hydrogen-bond acceptors (Lipinski definition) is 4. The van der Waals surface area contributed by atoms with Gasteiger partial charge in [-0.1, -0.05) is 152 Å². The molecule has 1 aliphatic rings. The van der Waals surface area contributed by atoms with E-state index in [0.717, 1.165) is 16.7 Å². The Balaban J connectivity index is 0.000000259. The van der Waals surface area contributed by atoms with Gasteiger partial charge in [-0.3, -0.25) is 0 Å². The Morgan fingerprint density at radius 2 is 1.10 bits per heavy atom. The van der Waals surface area contributed by atoms with Gasteiger partial charge in [-0.15, -0.1) is 13.2 Å². The zero-order valence-electron chi connectivity index (χ0n) is 30.6. The zero-order chi connectivity index (χ0) is 37.9. The predicted octanol–water partition coefficient (Wildman–Crippen LogP) is 9.63. The third-order valence-electron chi connectivity index (χ3n) is 7.51. The first kappa shape index (κ1) is 42.6. The lowest BCUT2D eigenvalue weighted by Crippen LogP contribution is -2.31. The van der Waals surface area contributed by atoms with Gasteiger partial charge >= 0.3 is 0 Å². The van der Waals surface area contributed by atoms with E-state index in [2.05, 4.69) is 68.3 Å². The largest absolute Gasteiger partial charge is 0.243 e. The third-order valence-corrected chi connectivity index (χ3v) is 11.2. The van der Waals surface area contributed by atoms with Crippen molar-refractivity contribution in [3.05, 3.63) is 187 Å². The lowest BCUT2D eigenvalue weighted by Gasteiger charge is -2.18. The summed E-state index contributed by atoms with van der Waals surface area (Å²) in [6.07, 6.45) is 8.95. The molecule has 51 heavy (non-hydrogen) atoms. The normalized spacial score (nSPS) is 12.4. The molecule has 0 fully saturated rings. The highest BCUT2D eigenvalue weighted by atomic mass is 32.2. The molecule has 6 nitrogen and oxygen atoms in total. The Labute approximate surface area is 307 Å². The molecule has 1 heterocycles. The average Bonchev–Trinajstić information content (AvgIpc) is 3.60. The highest BCUT2D eigenvalue weighted by Gasteiger charge is 2.26. The lowest BCUT2D eigenvalue weighted by atomic mass is 9.98. The third kappa shape index (κ3) is 12.9. The molecule has 0 unspecified atom stereocenters. The van der Waals surface area contributed by atoms with E-state index in [-0.39, 0.29) is 13.1 Å². The van der Waals surface area contributed by atoms with Crippen molar-refractivity contribution in [1.82, 2.24) is 8.61 Å². The minimum atomic E-state index is -3.45. The predicted molar refractivity (Wildman–Crippen MR) is 216 cm³/mol. The number of hydrogen-bond donors (Lipinski definition) is 0. The molecular weight excluding hydrogens is 673 g/mol. The highest BCUT2D eigenvalue weighted by Crippen LogP contribution is 2.23. The van der Waals surface area contributed by atoms with E-state index in [1.54, 1.807) is 48.6 Å². The highest BCUT2D eigenvalue weighted by molar-refractivity contribution is 7.89. The van der Waals surface area contributed by atoms with Crippen LogP contribution >= 0.6 is 0 Å². The van der Waals surface area contributed by atoms with Gasteiger partial charge < -0.3 is 0 Å². The first-order valence-corrected chi connectivity index (χ1v) is 19.8. The van der Waals surface area contributed by atoms with Crippen LogP contribution in [-0.2, 0) is 20.0 Å². The number of sulfonamides is 2. The van der Waals surface area contributed by atoms with Crippen LogP contribution in [0.3, 0.4) is 0 Å². The van der Waals surface area contributed by atoms with Crippen LogP contribution in [0.25, 0.3) is 5.57 Å². The summed E-state index contributed by atoms with van der Waals surface area (Å²) in [7, 11) is -6.76. The monoisotopic (exact) mass is 724 g/mol. The molecule has 4 aromatic rings. The van der Waals surface area contributed by atoms with Gasteiger partial charge in [-0.05, 0) is 61.7 Å². The first-order chi connectivity index (χ1) is 24.4. The van der Waals surface area contributed by atoms with E-state index in [1.807, 2.05) is 77.1 Å². The van der Waals surface area contributed by atoms with Crippen LogP contribution in [0.2, 0.25) is 0 Å². The van der Waals surface area contributed by atoms with Crippen molar-refractivity contribution >= 4 is 25.6 Å². The molecule has 5 rings (SSSR count). The first-order valence-electron chi connectivity index (χ1n) is 16.9. The summed E-state index contributed by atoms with van der Waals surface area (Å²) in [6, 6.07) is 34.5. The summed E-state index contributed by atoms with van der Waals surface area (Å²) >= 11 is 0. The zero-order valence-corrected chi connectivity index (χ0v) is 32.2. The van der Waals surface area contributed by atoms with Crippen LogP contribution in [0.1, 0.15) is 43.0 Å². The van der Waals surface area contributed by atoms with Crippen molar-refractivity contribution in [2.45, 2.75) is 44.4 Å². The molecule has 1 aliphatic heterocycles. The van der Waals surface area contributed by atoms with E-state index in [9.17, 15) is 16.8 Å². The van der Waals surface area contributed by atoms with Crippen LogP contribution in [0.15, 0.2) is 175 Å². The van der Waals surface area contributed by atoms with Gasteiger partial charge in [-0.25, -0.2) is 16.8 Å². The Kier molecular flexibility index (Phi) is 18.0.